The number of rotatable bonds is 2. The number of piperazine rings is 1. The molecule has 0 unspecified atom stereocenters. The Morgan fingerprint density at radius 2 is 1.46 bits per heavy atom. The van der Waals surface area contributed by atoms with E-state index in [4.69, 9.17) is 46.4 Å². The molecule has 1 heterocycles. The van der Waals surface area contributed by atoms with Crippen LogP contribution in [0, 0.1) is 0 Å². The van der Waals surface area contributed by atoms with E-state index in [1.165, 1.54) is 0 Å². The lowest BCUT2D eigenvalue weighted by Crippen LogP contribution is -2.48. The number of hydrogen-bond acceptors (Lipinski definition) is 2. The van der Waals surface area contributed by atoms with Gasteiger partial charge in [0.1, 0.15) is 0 Å². The second-order valence-electron chi connectivity index (χ2n) is 5.50. The summed E-state index contributed by atoms with van der Waals surface area (Å²) in [5, 5.41) is 1.97. The molecule has 0 spiro atoms. The fourth-order valence-electron chi connectivity index (χ4n) is 2.68. The summed E-state index contributed by atoms with van der Waals surface area (Å²) < 4.78 is 0. The van der Waals surface area contributed by atoms with Crippen LogP contribution in [0.25, 0.3) is 0 Å². The molecule has 2 aromatic carbocycles. The summed E-state index contributed by atoms with van der Waals surface area (Å²) in [5.41, 5.74) is 1.43. The summed E-state index contributed by atoms with van der Waals surface area (Å²) in [4.78, 5) is 16.6. The molecule has 24 heavy (non-hydrogen) atoms. The van der Waals surface area contributed by atoms with E-state index in [1.807, 2.05) is 12.1 Å². The van der Waals surface area contributed by atoms with Crippen molar-refractivity contribution in [2.45, 2.75) is 0 Å². The molecule has 126 valence electrons. The van der Waals surface area contributed by atoms with Gasteiger partial charge in [0.2, 0.25) is 0 Å². The van der Waals surface area contributed by atoms with Crippen molar-refractivity contribution in [1.82, 2.24) is 4.90 Å². The van der Waals surface area contributed by atoms with Crippen LogP contribution in [0.3, 0.4) is 0 Å². The first kappa shape index (κ1) is 17.7. The lowest BCUT2D eigenvalue weighted by molar-refractivity contribution is 0.0747. The molecule has 3 rings (SSSR count). The topological polar surface area (TPSA) is 23.6 Å². The first-order valence-electron chi connectivity index (χ1n) is 7.40. The number of benzene rings is 2. The van der Waals surface area contributed by atoms with E-state index < -0.39 is 0 Å². The minimum atomic E-state index is -0.101. The number of halogens is 4. The predicted octanol–water partition coefficient (Wildman–Crippen LogP) is 5.26. The number of carbonyl (C=O) groups is 1. The van der Waals surface area contributed by atoms with Gasteiger partial charge in [-0.3, -0.25) is 4.79 Å². The molecule has 0 radical (unpaired) electrons. The Morgan fingerprint density at radius 1 is 0.792 bits per heavy atom. The van der Waals surface area contributed by atoms with Crippen LogP contribution in [0.5, 0.6) is 0 Å². The van der Waals surface area contributed by atoms with Gasteiger partial charge in [0.25, 0.3) is 5.91 Å². The van der Waals surface area contributed by atoms with Crippen LogP contribution < -0.4 is 4.90 Å². The molecule has 0 aliphatic carbocycles. The Labute approximate surface area is 160 Å². The molecule has 0 atom stereocenters. The van der Waals surface area contributed by atoms with Gasteiger partial charge < -0.3 is 9.80 Å². The highest BCUT2D eigenvalue weighted by Gasteiger charge is 2.24. The molecule has 0 N–H and O–H groups in total. The Hall–Kier alpha value is -1.13. The van der Waals surface area contributed by atoms with Crippen molar-refractivity contribution in [2.75, 3.05) is 31.1 Å². The first-order chi connectivity index (χ1) is 11.5. The van der Waals surface area contributed by atoms with E-state index in [0.29, 0.717) is 51.8 Å². The average Bonchev–Trinajstić information content (AvgIpc) is 2.59. The number of anilines is 1. The SMILES string of the molecule is O=C(c1cc(Cl)ccc1Cl)N1CCN(c2ccc(Cl)c(Cl)c2)CC1. The van der Waals surface area contributed by atoms with Gasteiger partial charge in [-0.15, -0.1) is 0 Å². The standard InChI is InChI=1S/C17H14Cl4N2O/c18-11-1-3-14(19)13(9-11)17(24)23-7-5-22(6-8-23)12-2-4-15(20)16(21)10-12/h1-4,9-10H,5-8H2. The Balaban J connectivity index is 1.69. The molecule has 7 heteroatoms. The summed E-state index contributed by atoms with van der Waals surface area (Å²) in [6, 6.07) is 10.5. The second-order valence-corrected chi connectivity index (χ2v) is 7.16. The summed E-state index contributed by atoms with van der Waals surface area (Å²) in [5.74, 6) is -0.101. The minimum absolute atomic E-state index is 0.101. The van der Waals surface area contributed by atoms with E-state index >= 15 is 0 Å². The van der Waals surface area contributed by atoms with Crippen LogP contribution in [0.4, 0.5) is 5.69 Å². The Morgan fingerprint density at radius 3 is 2.12 bits per heavy atom. The van der Waals surface area contributed by atoms with Crippen molar-refractivity contribution in [3.8, 4) is 0 Å². The molecule has 1 saturated heterocycles. The minimum Gasteiger partial charge on any atom is -0.368 e. The molecule has 0 bridgehead atoms. The molecule has 2 aromatic rings. The van der Waals surface area contributed by atoms with Gasteiger partial charge in [0.15, 0.2) is 0 Å². The van der Waals surface area contributed by atoms with Gasteiger partial charge in [-0.05, 0) is 36.4 Å². The maximum absolute atomic E-state index is 12.6. The molecular weight excluding hydrogens is 390 g/mol. The van der Waals surface area contributed by atoms with Crippen LogP contribution >= 0.6 is 46.4 Å². The molecule has 0 saturated carbocycles. The normalized spacial score (nSPS) is 14.8. The summed E-state index contributed by atoms with van der Waals surface area (Å²) in [6.45, 7) is 2.62. The summed E-state index contributed by atoms with van der Waals surface area (Å²) >= 11 is 24.1. The zero-order valence-electron chi connectivity index (χ0n) is 12.6. The van der Waals surface area contributed by atoms with Crippen molar-refractivity contribution < 1.29 is 4.79 Å². The Bertz CT molecular complexity index is 773. The van der Waals surface area contributed by atoms with Gasteiger partial charge in [-0.1, -0.05) is 46.4 Å². The van der Waals surface area contributed by atoms with Gasteiger partial charge in [-0.2, -0.15) is 0 Å². The van der Waals surface area contributed by atoms with Gasteiger partial charge in [-0.25, -0.2) is 0 Å². The third-order valence-corrected chi connectivity index (χ3v) is 5.30. The molecule has 1 aliphatic rings. The highest BCUT2D eigenvalue weighted by molar-refractivity contribution is 6.42. The predicted molar refractivity (Wildman–Crippen MR) is 101 cm³/mol. The quantitative estimate of drug-likeness (QED) is 0.682. The maximum atomic E-state index is 12.6. The largest absolute Gasteiger partial charge is 0.368 e. The van der Waals surface area contributed by atoms with Gasteiger partial charge in [0.05, 0.1) is 20.6 Å². The van der Waals surface area contributed by atoms with Crippen molar-refractivity contribution in [2.24, 2.45) is 0 Å². The van der Waals surface area contributed by atoms with Gasteiger partial charge >= 0.3 is 0 Å². The van der Waals surface area contributed by atoms with Crippen LogP contribution in [0.2, 0.25) is 20.1 Å². The highest BCUT2D eigenvalue weighted by atomic mass is 35.5. The van der Waals surface area contributed by atoms with Crippen LogP contribution in [0.1, 0.15) is 10.4 Å². The van der Waals surface area contributed by atoms with Crippen molar-refractivity contribution >= 4 is 58.0 Å². The van der Waals surface area contributed by atoms with Crippen molar-refractivity contribution in [3.63, 3.8) is 0 Å². The van der Waals surface area contributed by atoms with E-state index in [-0.39, 0.29) is 5.91 Å². The monoisotopic (exact) mass is 402 g/mol. The van der Waals surface area contributed by atoms with Crippen LogP contribution in [0.15, 0.2) is 36.4 Å². The molecule has 3 nitrogen and oxygen atoms in total. The van der Waals surface area contributed by atoms with E-state index in [9.17, 15) is 4.79 Å². The number of amides is 1. The highest BCUT2D eigenvalue weighted by Crippen LogP contribution is 2.28. The van der Waals surface area contributed by atoms with Crippen LogP contribution in [-0.4, -0.2) is 37.0 Å². The maximum Gasteiger partial charge on any atom is 0.255 e. The van der Waals surface area contributed by atoms with E-state index in [2.05, 4.69) is 4.90 Å². The number of nitrogens with zero attached hydrogens (tertiary/aromatic N) is 2. The second kappa shape index (κ2) is 7.40. The lowest BCUT2D eigenvalue weighted by Gasteiger charge is -2.36. The summed E-state index contributed by atoms with van der Waals surface area (Å²) in [7, 11) is 0. The van der Waals surface area contributed by atoms with E-state index in [1.54, 1.807) is 29.2 Å². The van der Waals surface area contributed by atoms with Crippen LogP contribution in [-0.2, 0) is 0 Å². The first-order valence-corrected chi connectivity index (χ1v) is 8.91. The van der Waals surface area contributed by atoms with Gasteiger partial charge in [0, 0.05) is 36.9 Å². The molecule has 1 fully saturated rings. The number of hydrogen-bond donors (Lipinski definition) is 0. The fraction of sp³-hybridized carbons (Fsp3) is 0.235. The molecular formula is C17H14Cl4N2O. The average molecular weight is 404 g/mol. The third kappa shape index (κ3) is 3.75. The fourth-order valence-corrected chi connectivity index (χ4v) is 3.34. The lowest BCUT2D eigenvalue weighted by atomic mass is 10.1. The molecule has 0 aromatic heterocycles. The third-order valence-electron chi connectivity index (χ3n) is 3.99. The number of carbonyl (C=O) groups excluding carboxylic acids is 1. The summed E-state index contributed by atoms with van der Waals surface area (Å²) in [6.07, 6.45) is 0. The van der Waals surface area contributed by atoms with Crippen molar-refractivity contribution in [1.29, 1.82) is 0 Å². The van der Waals surface area contributed by atoms with Crippen molar-refractivity contribution in [3.05, 3.63) is 62.1 Å². The van der Waals surface area contributed by atoms with E-state index in [0.717, 1.165) is 5.69 Å². The molecule has 1 amide bonds. The molecule has 1 aliphatic heterocycles. The zero-order valence-corrected chi connectivity index (χ0v) is 15.6. The zero-order chi connectivity index (χ0) is 17.3. The smallest absolute Gasteiger partial charge is 0.255 e. The Kier molecular flexibility index (Phi) is 5.46.